The molecular weight excluding hydrogens is 222 g/mol. The Hall–Kier alpha value is -1.96. The summed E-state index contributed by atoms with van der Waals surface area (Å²) in [7, 11) is 0. The van der Waals surface area contributed by atoms with Crippen LogP contribution in [0.25, 0.3) is 0 Å². The van der Waals surface area contributed by atoms with Crippen molar-refractivity contribution in [3.05, 3.63) is 54.1 Å². The van der Waals surface area contributed by atoms with Gasteiger partial charge in [-0.3, -0.25) is 0 Å². The van der Waals surface area contributed by atoms with E-state index >= 15 is 0 Å². The molecule has 0 aromatic heterocycles. The average Bonchev–Trinajstić information content (AvgIpc) is 2.42. The lowest BCUT2D eigenvalue weighted by Crippen LogP contribution is -1.93. The summed E-state index contributed by atoms with van der Waals surface area (Å²) in [4.78, 5) is 0. The molecule has 0 saturated heterocycles. The molecule has 94 valence electrons. The summed E-state index contributed by atoms with van der Waals surface area (Å²) in [5.74, 6) is 0.907. The Bertz CT molecular complexity index is 473. The van der Waals surface area contributed by atoms with Gasteiger partial charge >= 0.3 is 0 Å². The second-order valence-corrected chi connectivity index (χ2v) is 4.13. The van der Waals surface area contributed by atoms with Gasteiger partial charge in [0.2, 0.25) is 0 Å². The van der Waals surface area contributed by atoms with Gasteiger partial charge in [-0.2, -0.15) is 0 Å². The van der Waals surface area contributed by atoms with E-state index in [2.05, 4.69) is 36.5 Å². The van der Waals surface area contributed by atoms with Crippen molar-refractivity contribution in [2.24, 2.45) is 0 Å². The number of hydrogen-bond acceptors (Lipinski definition) is 2. The Morgan fingerprint density at radius 1 is 0.833 bits per heavy atom. The molecule has 0 fully saturated rings. The molecule has 0 radical (unpaired) electrons. The largest absolute Gasteiger partial charge is 0.494 e. The number of anilines is 2. The summed E-state index contributed by atoms with van der Waals surface area (Å²) < 4.78 is 5.41. The smallest absolute Gasteiger partial charge is 0.119 e. The predicted octanol–water partition coefficient (Wildman–Crippen LogP) is 4.39. The Morgan fingerprint density at radius 3 is 1.89 bits per heavy atom. The first-order valence-electron chi connectivity index (χ1n) is 6.40. The second-order valence-electron chi connectivity index (χ2n) is 4.13. The van der Waals surface area contributed by atoms with E-state index in [0.717, 1.165) is 23.5 Å². The third kappa shape index (κ3) is 3.27. The van der Waals surface area contributed by atoms with Crippen molar-refractivity contribution in [1.29, 1.82) is 0 Å². The fraction of sp³-hybridized carbons (Fsp3) is 0.250. The molecule has 0 heterocycles. The van der Waals surface area contributed by atoms with Crippen LogP contribution in [0, 0.1) is 0 Å². The highest BCUT2D eigenvalue weighted by molar-refractivity contribution is 5.60. The maximum atomic E-state index is 5.41. The van der Waals surface area contributed by atoms with Crippen LogP contribution in [0.3, 0.4) is 0 Å². The minimum absolute atomic E-state index is 0.700. The molecule has 2 aromatic carbocycles. The average molecular weight is 241 g/mol. The summed E-state index contributed by atoms with van der Waals surface area (Å²) in [6.45, 7) is 4.85. The molecule has 1 N–H and O–H groups in total. The monoisotopic (exact) mass is 241 g/mol. The lowest BCUT2D eigenvalue weighted by atomic mass is 10.1. The van der Waals surface area contributed by atoms with Crippen molar-refractivity contribution >= 4 is 11.4 Å². The highest BCUT2D eigenvalue weighted by atomic mass is 16.5. The molecule has 2 aromatic rings. The van der Waals surface area contributed by atoms with E-state index in [-0.39, 0.29) is 0 Å². The van der Waals surface area contributed by atoms with E-state index in [1.54, 1.807) is 0 Å². The van der Waals surface area contributed by atoms with Gasteiger partial charge in [-0.05, 0) is 55.3 Å². The maximum absolute atomic E-state index is 5.41. The molecule has 0 aliphatic rings. The van der Waals surface area contributed by atoms with E-state index in [9.17, 15) is 0 Å². The van der Waals surface area contributed by atoms with E-state index < -0.39 is 0 Å². The Morgan fingerprint density at radius 2 is 1.39 bits per heavy atom. The van der Waals surface area contributed by atoms with Crippen LogP contribution >= 0.6 is 0 Å². The Labute approximate surface area is 109 Å². The number of hydrogen-bond donors (Lipinski definition) is 1. The van der Waals surface area contributed by atoms with E-state index in [4.69, 9.17) is 4.74 Å². The van der Waals surface area contributed by atoms with Gasteiger partial charge in [-0.25, -0.2) is 0 Å². The topological polar surface area (TPSA) is 21.3 Å². The first-order valence-corrected chi connectivity index (χ1v) is 6.40. The summed E-state index contributed by atoms with van der Waals surface area (Å²) in [6, 6.07) is 16.5. The zero-order chi connectivity index (χ0) is 12.8. The number of aryl methyl sites for hydroxylation is 1. The quantitative estimate of drug-likeness (QED) is 0.838. The van der Waals surface area contributed by atoms with E-state index in [0.29, 0.717) is 6.61 Å². The van der Waals surface area contributed by atoms with Gasteiger partial charge in [0.25, 0.3) is 0 Å². The Kier molecular flexibility index (Phi) is 4.24. The third-order valence-electron chi connectivity index (χ3n) is 2.82. The van der Waals surface area contributed by atoms with Crippen LogP contribution < -0.4 is 10.1 Å². The lowest BCUT2D eigenvalue weighted by Gasteiger charge is -2.08. The maximum Gasteiger partial charge on any atom is 0.119 e. The number of benzene rings is 2. The molecule has 0 amide bonds. The molecule has 0 atom stereocenters. The van der Waals surface area contributed by atoms with Crippen LogP contribution in [0.15, 0.2) is 48.5 Å². The second kappa shape index (κ2) is 6.10. The van der Waals surface area contributed by atoms with Gasteiger partial charge in [-0.1, -0.05) is 19.1 Å². The van der Waals surface area contributed by atoms with Crippen molar-refractivity contribution in [1.82, 2.24) is 0 Å². The van der Waals surface area contributed by atoms with Gasteiger partial charge in [0.1, 0.15) is 5.75 Å². The van der Waals surface area contributed by atoms with Crippen molar-refractivity contribution in [2.45, 2.75) is 20.3 Å². The highest BCUT2D eigenvalue weighted by Crippen LogP contribution is 2.20. The van der Waals surface area contributed by atoms with Gasteiger partial charge in [-0.15, -0.1) is 0 Å². The van der Waals surface area contributed by atoms with Crippen molar-refractivity contribution in [2.75, 3.05) is 11.9 Å². The third-order valence-corrected chi connectivity index (χ3v) is 2.82. The van der Waals surface area contributed by atoms with Gasteiger partial charge < -0.3 is 10.1 Å². The van der Waals surface area contributed by atoms with Crippen LogP contribution in [-0.2, 0) is 6.42 Å². The molecule has 2 rings (SSSR count). The molecule has 2 nitrogen and oxygen atoms in total. The fourth-order valence-corrected chi connectivity index (χ4v) is 1.79. The molecule has 18 heavy (non-hydrogen) atoms. The van der Waals surface area contributed by atoms with Gasteiger partial charge in [0.05, 0.1) is 6.61 Å². The van der Waals surface area contributed by atoms with Crippen LogP contribution in [0.2, 0.25) is 0 Å². The van der Waals surface area contributed by atoms with E-state index in [1.165, 1.54) is 5.56 Å². The SMILES string of the molecule is CCOc1ccc(Nc2ccc(CC)cc2)cc1. The normalized spacial score (nSPS) is 10.1. The van der Waals surface area contributed by atoms with Gasteiger partial charge in [0, 0.05) is 11.4 Å². The Balaban J connectivity index is 2.03. The molecule has 0 spiro atoms. The molecule has 2 heteroatoms. The highest BCUT2D eigenvalue weighted by Gasteiger charge is 1.96. The van der Waals surface area contributed by atoms with Crippen LogP contribution in [0.5, 0.6) is 5.75 Å². The van der Waals surface area contributed by atoms with Crippen LogP contribution in [-0.4, -0.2) is 6.61 Å². The molecular formula is C16H19NO. The number of rotatable bonds is 5. The minimum atomic E-state index is 0.700. The molecule has 0 aliphatic heterocycles. The number of nitrogens with one attached hydrogen (secondary N) is 1. The van der Waals surface area contributed by atoms with E-state index in [1.807, 2.05) is 31.2 Å². The molecule has 0 unspecified atom stereocenters. The molecule has 0 aliphatic carbocycles. The summed E-state index contributed by atoms with van der Waals surface area (Å²) in [5.41, 5.74) is 3.53. The standard InChI is InChI=1S/C16H19NO/c1-3-13-5-7-14(8-6-13)17-15-9-11-16(12-10-15)18-4-2/h5-12,17H,3-4H2,1-2H3. The first-order chi connectivity index (χ1) is 8.81. The van der Waals surface area contributed by atoms with Crippen molar-refractivity contribution in [3.63, 3.8) is 0 Å². The zero-order valence-corrected chi connectivity index (χ0v) is 10.9. The summed E-state index contributed by atoms with van der Waals surface area (Å²) in [5, 5.41) is 3.37. The minimum Gasteiger partial charge on any atom is -0.494 e. The number of ether oxygens (including phenoxy) is 1. The van der Waals surface area contributed by atoms with Gasteiger partial charge in [0.15, 0.2) is 0 Å². The summed E-state index contributed by atoms with van der Waals surface area (Å²) >= 11 is 0. The van der Waals surface area contributed by atoms with Crippen LogP contribution in [0.4, 0.5) is 11.4 Å². The zero-order valence-electron chi connectivity index (χ0n) is 10.9. The summed E-state index contributed by atoms with van der Waals surface area (Å²) in [6.07, 6.45) is 1.07. The van der Waals surface area contributed by atoms with Crippen molar-refractivity contribution in [3.8, 4) is 5.75 Å². The fourth-order valence-electron chi connectivity index (χ4n) is 1.79. The molecule has 0 bridgehead atoms. The molecule has 0 saturated carbocycles. The van der Waals surface area contributed by atoms with Crippen LogP contribution in [0.1, 0.15) is 19.4 Å². The first kappa shape index (κ1) is 12.5. The lowest BCUT2D eigenvalue weighted by molar-refractivity contribution is 0.340. The predicted molar refractivity (Wildman–Crippen MR) is 76.7 cm³/mol. The van der Waals surface area contributed by atoms with Crippen molar-refractivity contribution < 1.29 is 4.74 Å².